The summed E-state index contributed by atoms with van der Waals surface area (Å²) in [5, 5.41) is 2.76. The highest BCUT2D eigenvalue weighted by atomic mass is 16.5. The third-order valence-electron chi connectivity index (χ3n) is 3.78. The summed E-state index contributed by atoms with van der Waals surface area (Å²) in [6.45, 7) is 3.98. The predicted molar refractivity (Wildman–Crippen MR) is 95.2 cm³/mol. The molecular weight excluding hydrogens is 316 g/mol. The SMILES string of the molecule is Cc1ccccc1OCC(=O)NCc1nc(-c2ccccc2)c(C)o1. The second kappa shape index (κ2) is 7.66. The van der Waals surface area contributed by atoms with Gasteiger partial charge >= 0.3 is 0 Å². The van der Waals surface area contributed by atoms with Gasteiger partial charge < -0.3 is 14.5 Å². The van der Waals surface area contributed by atoms with Gasteiger partial charge in [0, 0.05) is 5.56 Å². The number of oxazole rings is 1. The van der Waals surface area contributed by atoms with Crippen molar-refractivity contribution < 1.29 is 13.9 Å². The number of hydrogen-bond acceptors (Lipinski definition) is 4. The van der Waals surface area contributed by atoms with Gasteiger partial charge in [-0.2, -0.15) is 0 Å². The first-order valence-electron chi connectivity index (χ1n) is 8.10. The Morgan fingerprint density at radius 1 is 1.08 bits per heavy atom. The molecule has 3 aromatic rings. The molecular formula is C20H20N2O3. The van der Waals surface area contributed by atoms with Gasteiger partial charge in [-0.1, -0.05) is 48.5 Å². The van der Waals surface area contributed by atoms with Crippen molar-refractivity contribution in [1.29, 1.82) is 0 Å². The Kier molecular flexibility index (Phi) is 5.14. The number of nitrogens with zero attached hydrogens (tertiary/aromatic N) is 1. The molecule has 0 aliphatic heterocycles. The van der Waals surface area contributed by atoms with Gasteiger partial charge in [-0.25, -0.2) is 4.98 Å². The molecule has 1 N–H and O–H groups in total. The Morgan fingerprint density at radius 3 is 2.56 bits per heavy atom. The molecule has 5 heteroatoms. The van der Waals surface area contributed by atoms with E-state index in [-0.39, 0.29) is 19.1 Å². The van der Waals surface area contributed by atoms with Crippen LogP contribution in [0.2, 0.25) is 0 Å². The highest BCUT2D eigenvalue weighted by Crippen LogP contribution is 2.22. The first-order valence-corrected chi connectivity index (χ1v) is 8.10. The molecule has 2 aromatic carbocycles. The smallest absolute Gasteiger partial charge is 0.258 e. The van der Waals surface area contributed by atoms with Crippen LogP contribution in [0.3, 0.4) is 0 Å². The third-order valence-corrected chi connectivity index (χ3v) is 3.78. The summed E-state index contributed by atoms with van der Waals surface area (Å²) < 4.78 is 11.2. The number of carbonyl (C=O) groups excluding carboxylic acids is 1. The van der Waals surface area contributed by atoms with Gasteiger partial charge in [-0.3, -0.25) is 4.79 Å². The summed E-state index contributed by atoms with van der Waals surface area (Å²) in [5.41, 5.74) is 2.77. The number of para-hydroxylation sites is 1. The van der Waals surface area contributed by atoms with E-state index < -0.39 is 0 Å². The van der Waals surface area contributed by atoms with Crippen molar-refractivity contribution in [2.45, 2.75) is 20.4 Å². The zero-order valence-corrected chi connectivity index (χ0v) is 14.3. The van der Waals surface area contributed by atoms with Crippen LogP contribution in [0.25, 0.3) is 11.3 Å². The molecule has 0 atom stereocenters. The van der Waals surface area contributed by atoms with E-state index >= 15 is 0 Å². The van der Waals surface area contributed by atoms with Crippen LogP contribution in [0, 0.1) is 13.8 Å². The molecule has 0 radical (unpaired) electrons. The third kappa shape index (κ3) is 4.26. The lowest BCUT2D eigenvalue weighted by Crippen LogP contribution is -2.28. The minimum atomic E-state index is -0.222. The van der Waals surface area contributed by atoms with Crippen LogP contribution >= 0.6 is 0 Å². The van der Waals surface area contributed by atoms with E-state index in [0.717, 1.165) is 22.6 Å². The highest BCUT2D eigenvalue weighted by Gasteiger charge is 2.12. The Hall–Kier alpha value is -3.08. The number of aryl methyl sites for hydroxylation is 2. The topological polar surface area (TPSA) is 64.4 Å². The molecule has 0 aliphatic carbocycles. The van der Waals surface area contributed by atoms with Crippen LogP contribution in [0.4, 0.5) is 0 Å². The van der Waals surface area contributed by atoms with Gasteiger partial charge in [0.15, 0.2) is 6.61 Å². The molecule has 25 heavy (non-hydrogen) atoms. The molecule has 0 saturated heterocycles. The minimum Gasteiger partial charge on any atom is -0.484 e. The summed E-state index contributed by atoms with van der Waals surface area (Å²) in [6, 6.07) is 17.4. The van der Waals surface area contributed by atoms with Crippen LogP contribution in [0.15, 0.2) is 59.0 Å². The van der Waals surface area contributed by atoms with E-state index in [2.05, 4.69) is 10.3 Å². The number of nitrogens with one attached hydrogen (secondary N) is 1. The van der Waals surface area contributed by atoms with Crippen molar-refractivity contribution in [3.05, 3.63) is 71.8 Å². The van der Waals surface area contributed by atoms with Crippen LogP contribution < -0.4 is 10.1 Å². The van der Waals surface area contributed by atoms with Gasteiger partial charge in [0.05, 0.1) is 6.54 Å². The average molecular weight is 336 g/mol. The minimum absolute atomic E-state index is 0.0455. The molecule has 1 aromatic heterocycles. The average Bonchev–Trinajstić information content (AvgIpc) is 3.01. The first kappa shape index (κ1) is 16.8. The number of benzene rings is 2. The quantitative estimate of drug-likeness (QED) is 0.746. The molecule has 1 amide bonds. The largest absolute Gasteiger partial charge is 0.484 e. The Bertz CT molecular complexity index is 856. The fourth-order valence-electron chi connectivity index (χ4n) is 2.48. The number of rotatable bonds is 6. The molecule has 128 valence electrons. The maximum Gasteiger partial charge on any atom is 0.258 e. The lowest BCUT2D eigenvalue weighted by atomic mass is 10.1. The predicted octanol–water partition coefficient (Wildman–Crippen LogP) is 3.65. The summed E-state index contributed by atoms with van der Waals surface area (Å²) in [7, 11) is 0. The summed E-state index contributed by atoms with van der Waals surface area (Å²) in [6.07, 6.45) is 0. The molecule has 0 unspecified atom stereocenters. The van der Waals surface area contributed by atoms with Crippen molar-refractivity contribution in [3.63, 3.8) is 0 Å². The summed E-state index contributed by atoms with van der Waals surface area (Å²) in [5.74, 6) is 1.68. The van der Waals surface area contributed by atoms with Gasteiger partial charge in [0.1, 0.15) is 17.2 Å². The van der Waals surface area contributed by atoms with Crippen molar-refractivity contribution in [2.75, 3.05) is 6.61 Å². The van der Waals surface area contributed by atoms with E-state index in [0.29, 0.717) is 11.6 Å². The lowest BCUT2D eigenvalue weighted by Gasteiger charge is -2.08. The number of carbonyl (C=O) groups is 1. The fraction of sp³-hybridized carbons (Fsp3) is 0.200. The monoisotopic (exact) mass is 336 g/mol. The van der Waals surface area contributed by atoms with Gasteiger partial charge in [0.2, 0.25) is 5.89 Å². The maximum absolute atomic E-state index is 12.0. The van der Waals surface area contributed by atoms with Crippen molar-refractivity contribution in [2.24, 2.45) is 0 Å². The van der Waals surface area contributed by atoms with Crippen LogP contribution in [0.1, 0.15) is 17.2 Å². The number of amides is 1. The second-order valence-electron chi connectivity index (χ2n) is 5.71. The normalized spacial score (nSPS) is 10.5. The van der Waals surface area contributed by atoms with E-state index in [1.165, 1.54) is 0 Å². The summed E-state index contributed by atoms with van der Waals surface area (Å²) >= 11 is 0. The van der Waals surface area contributed by atoms with Gasteiger partial charge in [-0.15, -0.1) is 0 Å². The van der Waals surface area contributed by atoms with Crippen molar-refractivity contribution >= 4 is 5.91 Å². The number of ether oxygens (including phenoxy) is 1. The zero-order valence-electron chi connectivity index (χ0n) is 14.3. The van der Waals surface area contributed by atoms with Crippen molar-refractivity contribution in [3.8, 4) is 17.0 Å². The van der Waals surface area contributed by atoms with Crippen LogP contribution in [0.5, 0.6) is 5.75 Å². The van der Waals surface area contributed by atoms with E-state index in [9.17, 15) is 4.79 Å². The zero-order chi connectivity index (χ0) is 17.6. The van der Waals surface area contributed by atoms with E-state index in [4.69, 9.17) is 9.15 Å². The Morgan fingerprint density at radius 2 is 1.80 bits per heavy atom. The van der Waals surface area contributed by atoms with Gasteiger partial charge in [0.25, 0.3) is 5.91 Å². The Balaban J connectivity index is 1.55. The number of aromatic nitrogens is 1. The van der Waals surface area contributed by atoms with E-state index in [1.54, 1.807) is 0 Å². The second-order valence-corrected chi connectivity index (χ2v) is 5.71. The Labute approximate surface area is 146 Å². The standard InChI is InChI=1S/C20H20N2O3/c1-14-8-6-7-11-17(14)24-13-18(23)21-12-19-22-20(15(2)25-19)16-9-4-3-5-10-16/h3-11H,12-13H2,1-2H3,(H,21,23). The molecule has 3 rings (SSSR count). The number of hydrogen-bond donors (Lipinski definition) is 1. The maximum atomic E-state index is 12.0. The molecule has 0 saturated carbocycles. The lowest BCUT2D eigenvalue weighted by molar-refractivity contribution is -0.123. The van der Waals surface area contributed by atoms with Gasteiger partial charge in [-0.05, 0) is 25.5 Å². The molecule has 0 fully saturated rings. The highest BCUT2D eigenvalue weighted by molar-refractivity contribution is 5.77. The molecule has 5 nitrogen and oxygen atoms in total. The summed E-state index contributed by atoms with van der Waals surface area (Å²) in [4.78, 5) is 16.4. The fourth-order valence-corrected chi connectivity index (χ4v) is 2.48. The first-order chi connectivity index (χ1) is 12.1. The molecule has 0 aliphatic rings. The molecule has 0 bridgehead atoms. The van der Waals surface area contributed by atoms with E-state index in [1.807, 2.05) is 68.4 Å². The molecule has 1 heterocycles. The van der Waals surface area contributed by atoms with Crippen LogP contribution in [-0.4, -0.2) is 17.5 Å². The van der Waals surface area contributed by atoms with Crippen LogP contribution in [-0.2, 0) is 11.3 Å². The molecule has 0 spiro atoms. The van der Waals surface area contributed by atoms with Crippen molar-refractivity contribution in [1.82, 2.24) is 10.3 Å².